The van der Waals surface area contributed by atoms with Crippen molar-refractivity contribution in [1.29, 1.82) is 0 Å². The lowest BCUT2D eigenvalue weighted by Crippen LogP contribution is -2.14. The second-order valence-electron chi connectivity index (χ2n) is 7.40. The maximum Gasteiger partial charge on any atom is 0.124 e. The summed E-state index contributed by atoms with van der Waals surface area (Å²) < 4.78 is 0. The van der Waals surface area contributed by atoms with Crippen LogP contribution in [-0.2, 0) is 0 Å². The Kier molecular flexibility index (Phi) is 6.74. The van der Waals surface area contributed by atoms with E-state index in [1.54, 1.807) is 12.2 Å². The van der Waals surface area contributed by atoms with E-state index in [1.165, 1.54) is 12.0 Å². The Morgan fingerprint density at radius 1 is 1.28 bits per heavy atom. The van der Waals surface area contributed by atoms with Crippen molar-refractivity contribution in [2.24, 2.45) is 22.4 Å². The molecule has 0 aromatic heterocycles. The van der Waals surface area contributed by atoms with Gasteiger partial charge >= 0.3 is 0 Å². The molecule has 1 unspecified atom stereocenters. The zero-order valence-electron chi connectivity index (χ0n) is 16.9. The van der Waals surface area contributed by atoms with Gasteiger partial charge in [-0.2, -0.15) is 0 Å². The molecule has 5 nitrogen and oxygen atoms in total. The summed E-state index contributed by atoms with van der Waals surface area (Å²) in [5, 5.41) is 6.39. The van der Waals surface area contributed by atoms with Gasteiger partial charge in [0.1, 0.15) is 5.84 Å². The summed E-state index contributed by atoms with van der Waals surface area (Å²) in [5.74, 6) is 1.14. The fourth-order valence-corrected chi connectivity index (χ4v) is 3.25. The van der Waals surface area contributed by atoms with Gasteiger partial charge in [-0.25, -0.2) is 4.99 Å². The molecule has 2 aliphatic rings. The monoisotopic (exact) mass is 387 g/mol. The summed E-state index contributed by atoms with van der Waals surface area (Å²) in [6.07, 6.45) is 15.6. The van der Waals surface area contributed by atoms with Gasteiger partial charge in [0, 0.05) is 35.9 Å². The summed E-state index contributed by atoms with van der Waals surface area (Å²) in [6.45, 7) is 7.29. The van der Waals surface area contributed by atoms with Gasteiger partial charge < -0.3 is 22.1 Å². The molecule has 0 radical (unpaired) electrons. The van der Waals surface area contributed by atoms with E-state index in [9.17, 15) is 0 Å². The minimum Gasteiger partial charge on any atom is -0.398 e. The summed E-state index contributed by atoms with van der Waals surface area (Å²) in [7, 11) is 0. The molecule has 0 saturated heterocycles. The van der Waals surface area contributed by atoms with Gasteiger partial charge in [-0.05, 0) is 60.8 Å². The second-order valence-corrected chi connectivity index (χ2v) is 7.40. The number of dihydropyridines is 1. The number of nitrogens with zero attached hydrogens (tertiary/aromatic N) is 1. The smallest absolute Gasteiger partial charge is 0.124 e. The van der Waals surface area contributed by atoms with Crippen molar-refractivity contribution in [3.05, 3.63) is 96.0 Å². The highest BCUT2D eigenvalue weighted by molar-refractivity contribution is 5.93. The number of aliphatic imine (C=N–C) groups is 1. The fraction of sp³-hybridized carbons (Fsp3) is 0.208. The highest BCUT2D eigenvalue weighted by atomic mass is 14.9. The fourth-order valence-electron chi connectivity index (χ4n) is 3.25. The molecule has 1 aliphatic carbocycles. The number of nitrogens with two attached hydrogens (primary N) is 2. The van der Waals surface area contributed by atoms with Crippen LogP contribution in [0.2, 0.25) is 0 Å². The van der Waals surface area contributed by atoms with Crippen molar-refractivity contribution < 1.29 is 0 Å². The largest absolute Gasteiger partial charge is 0.398 e. The molecule has 6 N–H and O–H groups in total. The molecule has 150 valence electrons. The van der Waals surface area contributed by atoms with Gasteiger partial charge in [-0.1, -0.05) is 37.3 Å². The van der Waals surface area contributed by atoms with E-state index in [0.717, 1.165) is 41.4 Å². The molecular weight excluding hydrogens is 358 g/mol. The number of benzene rings is 1. The Morgan fingerprint density at radius 2 is 2.07 bits per heavy atom. The molecule has 1 aliphatic heterocycles. The van der Waals surface area contributed by atoms with Crippen molar-refractivity contribution >= 4 is 17.2 Å². The van der Waals surface area contributed by atoms with Gasteiger partial charge in [0.2, 0.25) is 0 Å². The van der Waals surface area contributed by atoms with Crippen LogP contribution in [0.3, 0.4) is 0 Å². The molecule has 0 fully saturated rings. The van der Waals surface area contributed by atoms with Crippen LogP contribution in [0.5, 0.6) is 0 Å². The SMILES string of the molecule is C=C(NCC1=CCC(C)C1)c1cccc(N=C(N)/C=C\C(N)=C2C=CNC=C2)c1. The Labute approximate surface area is 173 Å². The van der Waals surface area contributed by atoms with Crippen LogP contribution in [0.4, 0.5) is 5.69 Å². The molecule has 1 heterocycles. The average Bonchev–Trinajstić information content (AvgIpc) is 3.16. The predicted octanol–water partition coefficient (Wildman–Crippen LogP) is 3.99. The highest BCUT2D eigenvalue weighted by Gasteiger charge is 2.12. The lowest BCUT2D eigenvalue weighted by atomic mass is 10.1. The molecule has 1 atom stereocenters. The predicted molar refractivity (Wildman–Crippen MR) is 123 cm³/mol. The van der Waals surface area contributed by atoms with Crippen LogP contribution in [0.1, 0.15) is 25.3 Å². The third-order valence-electron chi connectivity index (χ3n) is 4.89. The Hall–Kier alpha value is -3.47. The van der Waals surface area contributed by atoms with Crippen molar-refractivity contribution in [3.63, 3.8) is 0 Å². The number of hydrogen-bond donors (Lipinski definition) is 4. The van der Waals surface area contributed by atoms with Crippen molar-refractivity contribution in [2.45, 2.75) is 19.8 Å². The van der Waals surface area contributed by atoms with Crippen molar-refractivity contribution in [2.75, 3.05) is 6.54 Å². The number of amidine groups is 1. The van der Waals surface area contributed by atoms with E-state index in [1.807, 2.05) is 48.8 Å². The maximum atomic E-state index is 6.08. The van der Waals surface area contributed by atoms with E-state index in [-0.39, 0.29) is 0 Å². The first-order valence-corrected chi connectivity index (χ1v) is 9.83. The van der Waals surface area contributed by atoms with Crippen LogP contribution in [0, 0.1) is 5.92 Å². The minimum atomic E-state index is 0.385. The molecule has 1 aromatic carbocycles. The normalized spacial score (nSPS) is 18.7. The third kappa shape index (κ3) is 6.01. The van der Waals surface area contributed by atoms with Crippen LogP contribution in [0.25, 0.3) is 5.70 Å². The molecule has 0 spiro atoms. The molecule has 5 heteroatoms. The number of rotatable bonds is 7. The molecule has 1 aromatic rings. The number of hydrogen-bond acceptors (Lipinski definition) is 4. The van der Waals surface area contributed by atoms with Gasteiger partial charge in [0.25, 0.3) is 0 Å². The van der Waals surface area contributed by atoms with Gasteiger partial charge in [0.05, 0.1) is 5.69 Å². The van der Waals surface area contributed by atoms with E-state index in [0.29, 0.717) is 11.5 Å². The summed E-state index contributed by atoms with van der Waals surface area (Å²) in [6, 6.07) is 7.86. The molecule has 0 bridgehead atoms. The standard InChI is InChI=1S/C24H29N5/c1-17-6-7-19(14-17)16-28-18(2)21-4-3-5-22(15-21)29-24(26)9-8-23(25)20-10-12-27-13-11-20/h3-5,7-13,15,17,27-28H,2,6,14,16,25H2,1H3,(H2,26,29)/b9-8-. The third-order valence-corrected chi connectivity index (χ3v) is 4.89. The lowest BCUT2D eigenvalue weighted by Gasteiger charge is -2.11. The molecule has 3 rings (SSSR count). The first kappa shape index (κ1) is 20.3. The zero-order valence-corrected chi connectivity index (χ0v) is 16.9. The van der Waals surface area contributed by atoms with Gasteiger partial charge in [0.15, 0.2) is 0 Å². The topological polar surface area (TPSA) is 88.5 Å². The van der Waals surface area contributed by atoms with Gasteiger partial charge in [-0.3, -0.25) is 0 Å². The van der Waals surface area contributed by atoms with Crippen LogP contribution in [0.15, 0.2) is 95.5 Å². The quantitative estimate of drug-likeness (QED) is 0.324. The van der Waals surface area contributed by atoms with Crippen molar-refractivity contribution in [1.82, 2.24) is 10.6 Å². The minimum absolute atomic E-state index is 0.385. The molecular formula is C24H29N5. The Balaban J connectivity index is 1.63. The lowest BCUT2D eigenvalue weighted by molar-refractivity contribution is 0.621. The van der Waals surface area contributed by atoms with Crippen molar-refractivity contribution in [3.8, 4) is 0 Å². The van der Waals surface area contributed by atoms with Gasteiger partial charge in [-0.15, -0.1) is 0 Å². The first-order chi connectivity index (χ1) is 14.0. The zero-order chi connectivity index (χ0) is 20.6. The highest BCUT2D eigenvalue weighted by Crippen LogP contribution is 2.24. The van der Waals surface area contributed by atoms with Crippen LogP contribution in [-0.4, -0.2) is 12.4 Å². The summed E-state index contributed by atoms with van der Waals surface area (Å²) in [5.41, 5.74) is 17.8. The molecule has 29 heavy (non-hydrogen) atoms. The molecule has 0 amide bonds. The van der Waals surface area contributed by atoms with Crippen LogP contribution >= 0.6 is 0 Å². The van der Waals surface area contributed by atoms with E-state index in [4.69, 9.17) is 11.5 Å². The van der Waals surface area contributed by atoms with E-state index >= 15 is 0 Å². The maximum absolute atomic E-state index is 6.08. The van der Waals surface area contributed by atoms with Crippen LogP contribution < -0.4 is 22.1 Å². The van der Waals surface area contributed by atoms with E-state index < -0.39 is 0 Å². The summed E-state index contributed by atoms with van der Waals surface area (Å²) >= 11 is 0. The average molecular weight is 388 g/mol. The number of allylic oxidation sites excluding steroid dienone is 5. The first-order valence-electron chi connectivity index (χ1n) is 9.83. The summed E-state index contributed by atoms with van der Waals surface area (Å²) in [4.78, 5) is 4.47. The van der Waals surface area contributed by atoms with E-state index in [2.05, 4.69) is 35.2 Å². The second kappa shape index (κ2) is 9.64. The Bertz CT molecular complexity index is 930. The number of nitrogens with one attached hydrogen (secondary N) is 2. The molecule has 0 saturated carbocycles. The Morgan fingerprint density at radius 3 is 2.79 bits per heavy atom.